The number of piperidine rings is 1. The SMILES string of the molecule is CSCc1ccc(C(=O)N2CCC(C)C(O)C2)o1. The molecule has 0 spiro atoms. The number of rotatable bonds is 3. The molecule has 18 heavy (non-hydrogen) atoms. The summed E-state index contributed by atoms with van der Waals surface area (Å²) >= 11 is 1.66. The molecule has 0 bridgehead atoms. The van der Waals surface area contributed by atoms with E-state index in [1.165, 1.54) is 0 Å². The van der Waals surface area contributed by atoms with Crippen molar-refractivity contribution in [1.29, 1.82) is 0 Å². The van der Waals surface area contributed by atoms with Gasteiger partial charge in [-0.3, -0.25) is 4.79 Å². The van der Waals surface area contributed by atoms with E-state index < -0.39 is 6.10 Å². The molecule has 2 heterocycles. The fraction of sp³-hybridized carbons (Fsp3) is 0.615. The Morgan fingerprint density at radius 1 is 1.61 bits per heavy atom. The number of aliphatic hydroxyl groups is 1. The molecule has 0 saturated carbocycles. The highest BCUT2D eigenvalue weighted by Gasteiger charge is 2.29. The van der Waals surface area contributed by atoms with Crippen LogP contribution >= 0.6 is 11.8 Å². The topological polar surface area (TPSA) is 53.7 Å². The van der Waals surface area contributed by atoms with E-state index in [2.05, 4.69) is 0 Å². The Morgan fingerprint density at radius 2 is 2.39 bits per heavy atom. The Hall–Kier alpha value is -0.940. The molecule has 1 N–H and O–H groups in total. The molecule has 2 rings (SSSR count). The summed E-state index contributed by atoms with van der Waals surface area (Å²) in [5.74, 6) is 2.11. The minimum atomic E-state index is -0.427. The first kappa shape index (κ1) is 13.5. The van der Waals surface area contributed by atoms with Crippen molar-refractivity contribution in [2.24, 2.45) is 5.92 Å². The average Bonchev–Trinajstić information content (AvgIpc) is 2.81. The van der Waals surface area contributed by atoms with Crippen LogP contribution in [0.5, 0.6) is 0 Å². The molecule has 1 fully saturated rings. The van der Waals surface area contributed by atoms with Crippen molar-refractivity contribution < 1.29 is 14.3 Å². The van der Waals surface area contributed by atoms with Crippen molar-refractivity contribution in [2.75, 3.05) is 19.3 Å². The molecule has 2 unspecified atom stereocenters. The zero-order valence-corrected chi connectivity index (χ0v) is 11.6. The van der Waals surface area contributed by atoms with Gasteiger partial charge >= 0.3 is 0 Å². The molecule has 5 heteroatoms. The zero-order chi connectivity index (χ0) is 13.1. The second kappa shape index (κ2) is 5.80. The Kier molecular flexibility index (Phi) is 4.35. The quantitative estimate of drug-likeness (QED) is 0.911. The molecule has 1 aromatic rings. The van der Waals surface area contributed by atoms with Crippen LogP contribution < -0.4 is 0 Å². The van der Waals surface area contributed by atoms with Gasteiger partial charge in [0.25, 0.3) is 5.91 Å². The third-order valence-corrected chi connectivity index (χ3v) is 3.94. The number of thioether (sulfide) groups is 1. The fourth-order valence-electron chi connectivity index (χ4n) is 2.10. The first-order chi connectivity index (χ1) is 8.61. The molecular formula is C13H19NO3S. The number of likely N-dealkylation sites (tertiary alicyclic amines) is 1. The van der Waals surface area contributed by atoms with Crippen LogP contribution in [0.2, 0.25) is 0 Å². The van der Waals surface area contributed by atoms with Crippen molar-refractivity contribution >= 4 is 17.7 Å². The molecule has 1 aromatic heterocycles. The second-order valence-corrected chi connectivity index (χ2v) is 5.65. The molecule has 0 aromatic carbocycles. The van der Waals surface area contributed by atoms with E-state index in [-0.39, 0.29) is 11.8 Å². The van der Waals surface area contributed by atoms with Gasteiger partial charge in [-0.15, -0.1) is 0 Å². The lowest BCUT2D eigenvalue weighted by atomic mass is 9.96. The lowest BCUT2D eigenvalue weighted by Gasteiger charge is -2.33. The minimum absolute atomic E-state index is 0.117. The maximum Gasteiger partial charge on any atom is 0.289 e. The number of hydrogen-bond donors (Lipinski definition) is 1. The van der Waals surface area contributed by atoms with Crippen LogP contribution in [-0.4, -0.2) is 41.4 Å². The van der Waals surface area contributed by atoms with E-state index in [9.17, 15) is 9.90 Å². The molecular weight excluding hydrogens is 250 g/mol. The lowest BCUT2D eigenvalue weighted by molar-refractivity contribution is 0.0230. The van der Waals surface area contributed by atoms with Gasteiger partial charge < -0.3 is 14.4 Å². The lowest BCUT2D eigenvalue weighted by Crippen LogP contribution is -2.45. The van der Waals surface area contributed by atoms with Crippen LogP contribution in [0, 0.1) is 5.92 Å². The summed E-state index contributed by atoms with van der Waals surface area (Å²) in [7, 11) is 0. The van der Waals surface area contributed by atoms with Gasteiger partial charge in [0.1, 0.15) is 5.76 Å². The predicted molar refractivity (Wildman–Crippen MR) is 71.6 cm³/mol. The fourth-order valence-corrected chi connectivity index (χ4v) is 2.54. The van der Waals surface area contributed by atoms with Gasteiger partial charge in [0, 0.05) is 13.1 Å². The molecule has 4 nitrogen and oxygen atoms in total. The Labute approximate surface area is 111 Å². The Balaban J connectivity index is 2.02. The van der Waals surface area contributed by atoms with Crippen LogP contribution in [0.3, 0.4) is 0 Å². The minimum Gasteiger partial charge on any atom is -0.455 e. The molecule has 1 amide bonds. The number of furan rings is 1. The number of nitrogens with zero attached hydrogens (tertiary/aromatic N) is 1. The highest BCUT2D eigenvalue weighted by atomic mass is 32.2. The summed E-state index contributed by atoms with van der Waals surface area (Å²) in [5, 5.41) is 9.81. The summed E-state index contributed by atoms with van der Waals surface area (Å²) in [4.78, 5) is 13.9. The van der Waals surface area contributed by atoms with Crippen LogP contribution in [0.1, 0.15) is 29.7 Å². The van der Waals surface area contributed by atoms with E-state index in [1.807, 2.05) is 19.2 Å². The zero-order valence-electron chi connectivity index (χ0n) is 10.8. The average molecular weight is 269 g/mol. The highest BCUT2D eigenvalue weighted by Crippen LogP contribution is 2.20. The molecule has 1 aliphatic heterocycles. The van der Waals surface area contributed by atoms with Crippen molar-refractivity contribution in [3.8, 4) is 0 Å². The molecule has 2 atom stereocenters. The highest BCUT2D eigenvalue weighted by molar-refractivity contribution is 7.97. The summed E-state index contributed by atoms with van der Waals surface area (Å²) in [5.41, 5.74) is 0. The Bertz CT molecular complexity index is 418. The monoisotopic (exact) mass is 269 g/mol. The third kappa shape index (κ3) is 2.90. The predicted octanol–water partition coefficient (Wildman–Crippen LogP) is 1.99. The van der Waals surface area contributed by atoms with Gasteiger partial charge in [-0.25, -0.2) is 0 Å². The van der Waals surface area contributed by atoms with E-state index in [1.54, 1.807) is 22.7 Å². The molecule has 0 aliphatic carbocycles. The van der Waals surface area contributed by atoms with Gasteiger partial charge in [0.05, 0.1) is 11.9 Å². The second-order valence-electron chi connectivity index (χ2n) is 4.78. The molecule has 100 valence electrons. The Morgan fingerprint density at radius 3 is 3.06 bits per heavy atom. The maximum atomic E-state index is 12.2. The standard InChI is InChI=1S/C13H19NO3S/c1-9-5-6-14(7-11(9)15)13(16)12-4-3-10(17-12)8-18-2/h3-4,9,11,15H,5-8H2,1-2H3. The van der Waals surface area contributed by atoms with E-state index in [4.69, 9.17) is 4.42 Å². The van der Waals surface area contributed by atoms with Crippen molar-refractivity contribution in [2.45, 2.75) is 25.2 Å². The number of aliphatic hydroxyl groups excluding tert-OH is 1. The summed E-state index contributed by atoms with van der Waals surface area (Å²) < 4.78 is 5.51. The maximum absolute atomic E-state index is 12.2. The van der Waals surface area contributed by atoms with Crippen molar-refractivity contribution in [1.82, 2.24) is 4.90 Å². The number of amides is 1. The summed E-state index contributed by atoms with van der Waals surface area (Å²) in [6, 6.07) is 3.56. The number of hydrogen-bond acceptors (Lipinski definition) is 4. The van der Waals surface area contributed by atoms with Crippen molar-refractivity contribution in [3.05, 3.63) is 23.7 Å². The van der Waals surface area contributed by atoms with Crippen LogP contribution in [-0.2, 0) is 5.75 Å². The summed E-state index contributed by atoms with van der Waals surface area (Å²) in [6.07, 6.45) is 2.40. The van der Waals surface area contributed by atoms with Crippen LogP contribution in [0.4, 0.5) is 0 Å². The van der Waals surface area contributed by atoms with Gasteiger partial charge in [0.15, 0.2) is 5.76 Å². The van der Waals surface area contributed by atoms with Gasteiger partial charge in [-0.1, -0.05) is 6.92 Å². The number of carbonyl (C=O) groups excluding carboxylic acids is 1. The number of carbonyl (C=O) groups is 1. The van der Waals surface area contributed by atoms with Crippen LogP contribution in [0.25, 0.3) is 0 Å². The smallest absolute Gasteiger partial charge is 0.289 e. The van der Waals surface area contributed by atoms with E-state index >= 15 is 0 Å². The molecule has 0 radical (unpaired) electrons. The summed E-state index contributed by atoms with van der Waals surface area (Å²) in [6.45, 7) is 3.10. The van der Waals surface area contributed by atoms with Gasteiger partial charge in [0.2, 0.25) is 0 Å². The van der Waals surface area contributed by atoms with Crippen molar-refractivity contribution in [3.63, 3.8) is 0 Å². The van der Waals surface area contributed by atoms with Gasteiger partial charge in [-0.2, -0.15) is 11.8 Å². The third-order valence-electron chi connectivity index (χ3n) is 3.36. The molecule has 1 saturated heterocycles. The number of β-amino-alcohol motifs (C(OH)–C–C–N with tert-alkyl or cyclic N) is 1. The van der Waals surface area contributed by atoms with Crippen LogP contribution in [0.15, 0.2) is 16.5 Å². The molecule has 1 aliphatic rings. The normalized spacial score (nSPS) is 24.3. The van der Waals surface area contributed by atoms with Gasteiger partial charge in [-0.05, 0) is 30.7 Å². The van der Waals surface area contributed by atoms with E-state index in [0.29, 0.717) is 18.8 Å². The first-order valence-corrected chi connectivity index (χ1v) is 7.56. The largest absolute Gasteiger partial charge is 0.455 e. The first-order valence-electron chi connectivity index (χ1n) is 6.16. The van der Waals surface area contributed by atoms with E-state index in [0.717, 1.165) is 17.9 Å².